The van der Waals surface area contributed by atoms with Crippen LogP contribution in [-0.4, -0.2) is 15.9 Å². The largest absolute Gasteiger partial charge is 0.454 e. The third kappa shape index (κ3) is 3.58. The van der Waals surface area contributed by atoms with Gasteiger partial charge in [-0.25, -0.2) is 9.97 Å². The number of carbonyl (C=O) groups excluding carboxylic acids is 1. The lowest BCUT2D eigenvalue weighted by molar-refractivity contribution is 0.0994. The number of benzene rings is 1. The SMILES string of the molecule is Cc1cc(CN)oc1C(=O)Nc1ccc(Oc2ncccn2)cc1. The van der Waals surface area contributed by atoms with E-state index in [9.17, 15) is 4.79 Å². The molecule has 0 spiro atoms. The quantitative estimate of drug-likeness (QED) is 0.748. The van der Waals surface area contributed by atoms with Crippen LogP contribution in [0.4, 0.5) is 5.69 Å². The van der Waals surface area contributed by atoms with Crippen LogP contribution in [0, 0.1) is 6.92 Å². The molecule has 0 aliphatic heterocycles. The second kappa shape index (κ2) is 6.93. The van der Waals surface area contributed by atoms with Crippen LogP contribution in [0.5, 0.6) is 11.8 Å². The molecule has 7 heteroatoms. The molecule has 1 aromatic carbocycles. The molecule has 0 aliphatic carbocycles. The Hall–Kier alpha value is -3.19. The summed E-state index contributed by atoms with van der Waals surface area (Å²) in [5.74, 6) is 1.07. The number of rotatable bonds is 5. The van der Waals surface area contributed by atoms with Gasteiger partial charge < -0.3 is 20.2 Å². The Kier molecular flexibility index (Phi) is 4.53. The molecular formula is C17H16N4O3. The Labute approximate surface area is 138 Å². The van der Waals surface area contributed by atoms with E-state index in [0.29, 0.717) is 17.2 Å². The van der Waals surface area contributed by atoms with Crippen LogP contribution in [0.3, 0.4) is 0 Å². The highest BCUT2D eigenvalue weighted by Gasteiger charge is 2.15. The number of amides is 1. The fourth-order valence-corrected chi connectivity index (χ4v) is 2.11. The lowest BCUT2D eigenvalue weighted by atomic mass is 10.2. The number of nitrogens with one attached hydrogen (secondary N) is 1. The molecule has 3 N–H and O–H groups in total. The highest BCUT2D eigenvalue weighted by molar-refractivity contribution is 6.03. The van der Waals surface area contributed by atoms with E-state index < -0.39 is 0 Å². The van der Waals surface area contributed by atoms with Gasteiger partial charge in [0.15, 0.2) is 5.76 Å². The van der Waals surface area contributed by atoms with Gasteiger partial charge in [0.05, 0.1) is 6.54 Å². The number of carbonyl (C=O) groups is 1. The van der Waals surface area contributed by atoms with Crippen molar-refractivity contribution >= 4 is 11.6 Å². The Morgan fingerprint density at radius 2 is 1.96 bits per heavy atom. The Bertz CT molecular complexity index is 829. The van der Waals surface area contributed by atoms with E-state index in [1.54, 1.807) is 55.7 Å². The molecule has 24 heavy (non-hydrogen) atoms. The second-order valence-corrected chi connectivity index (χ2v) is 5.04. The number of aryl methyl sites for hydroxylation is 1. The molecule has 0 saturated carbocycles. The number of nitrogens with two attached hydrogens (primary N) is 1. The molecular weight excluding hydrogens is 308 g/mol. The van der Waals surface area contributed by atoms with Crippen molar-refractivity contribution in [2.75, 3.05) is 5.32 Å². The molecule has 2 aromatic heterocycles. The molecule has 0 radical (unpaired) electrons. The maximum atomic E-state index is 12.2. The maximum Gasteiger partial charge on any atom is 0.321 e. The van der Waals surface area contributed by atoms with Crippen LogP contribution in [0.2, 0.25) is 0 Å². The number of nitrogens with zero attached hydrogens (tertiary/aromatic N) is 2. The van der Waals surface area contributed by atoms with Gasteiger partial charge in [0.25, 0.3) is 5.91 Å². The third-order valence-corrected chi connectivity index (χ3v) is 3.24. The zero-order chi connectivity index (χ0) is 16.9. The van der Waals surface area contributed by atoms with Crippen molar-refractivity contribution in [2.24, 2.45) is 5.73 Å². The van der Waals surface area contributed by atoms with Crippen molar-refractivity contribution < 1.29 is 13.9 Å². The standard InChI is InChI=1S/C17H16N4O3/c1-11-9-14(10-18)23-15(11)16(22)21-12-3-5-13(6-4-12)24-17-19-7-2-8-20-17/h2-9H,10,18H2,1H3,(H,21,22). The monoisotopic (exact) mass is 324 g/mol. The van der Waals surface area contributed by atoms with E-state index in [4.69, 9.17) is 14.9 Å². The Balaban J connectivity index is 1.67. The minimum absolute atomic E-state index is 0.252. The van der Waals surface area contributed by atoms with Crippen LogP contribution in [0.15, 0.2) is 53.2 Å². The van der Waals surface area contributed by atoms with Gasteiger partial charge in [-0.3, -0.25) is 4.79 Å². The summed E-state index contributed by atoms with van der Waals surface area (Å²) in [5.41, 5.74) is 6.88. The Morgan fingerprint density at radius 1 is 1.25 bits per heavy atom. The average Bonchev–Trinajstić information content (AvgIpc) is 2.99. The highest BCUT2D eigenvalue weighted by Crippen LogP contribution is 2.21. The van der Waals surface area contributed by atoms with Crippen molar-refractivity contribution in [3.05, 3.63) is 65.9 Å². The van der Waals surface area contributed by atoms with Crippen molar-refractivity contribution in [1.29, 1.82) is 0 Å². The summed E-state index contributed by atoms with van der Waals surface area (Å²) in [6.45, 7) is 2.05. The highest BCUT2D eigenvalue weighted by atomic mass is 16.5. The second-order valence-electron chi connectivity index (χ2n) is 5.04. The normalized spacial score (nSPS) is 10.4. The molecule has 0 unspecified atom stereocenters. The summed E-state index contributed by atoms with van der Waals surface area (Å²) >= 11 is 0. The van der Waals surface area contributed by atoms with E-state index in [-0.39, 0.29) is 24.2 Å². The molecule has 0 bridgehead atoms. The third-order valence-electron chi connectivity index (χ3n) is 3.24. The van der Waals surface area contributed by atoms with Gasteiger partial charge in [-0.2, -0.15) is 0 Å². The van der Waals surface area contributed by atoms with Gasteiger partial charge in [-0.05, 0) is 43.3 Å². The lowest BCUT2D eigenvalue weighted by Crippen LogP contribution is -2.12. The molecule has 1 amide bonds. The predicted octanol–water partition coefficient (Wildman–Crippen LogP) is 2.88. The van der Waals surface area contributed by atoms with Gasteiger partial charge in [0.2, 0.25) is 0 Å². The van der Waals surface area contributed by atoms with Crippen molar-refractivity contribution in [2.45, 2.75) is 13.5 Å². The number of hydrogen-bond acceptors (Lipinski definition) is 6. The van der Waals surface area contributed by atoms with Gasteiger partial charge in [-0.1, -0.05) is 0 Å². The van der Waals surface area contributed by atoms with Crippen LogP contribution in [0.1, 0.15) is 21.9 Å². The molecule has 3 aromatic rings. The molecule has 0 fully saturated rings. The predicted molar refractivity (Wildman–Crippen MR) is 87.8 cm³/mol. The first-order valence-corrected chi connectivity index (χ1v) is 7.31. The molecule has 3 rings (SSSR count). The molecule has 7 nitrogen and oxygen atoms in total. The van der Waals surface area contributed by atoms with E-state index in [2.05, 4.69) is 15.3 Å². The maximum absolute atomic E-state index is 12.2. The first-order valence-electron chi connectivity index (χ1n) is 7.31. The summed E-state index contributed by atoms with van der Waals surface area (Å²) in [6, 6.07) is 10.6. The molecule has 2 heterocycles. The van der Waals surface area contributed by atoms with Gasteiger partial charge in [0.1, 0.15) is 11.5 Å². The summed E-state index contributed by atoms with van der Waals surface area (Å²) < 4.78 is 10.9. The number of hydrogen-bond donors (Lipinski definition) is 2. The van der Waals surface area contributed by atoms with Crippen LogP contribution in [-0.2, 0) is 6.54 Å². The first-order chi connectivity index (χ1) is 11.7. The summed E-state index contributed by atoms with van der Waals surface area (Å²) in [6.07, 6.45) is 3.19. The topological polar surface area (TPSA) is 103 Å². The number of ether oxygens (including phenoxy) is 1. The van der Waals surface area contributed by atoms with Crippen molar-refractivity contribution in [3.63, 3.8) is 0 Å². The zero-order valence-electron chi connectivity index (χ0n) is 13.0. The van der Waals surface area contributed by atoms with E-state index in [1.807, 2.05) is 0 Å². The van der Waals surface area contributed by atoms with Gasteiger partial charge in [-0.15, -0.1) is 0 Å². The molecule has 0 aliphatic rings. The molecule has 0 atom stereocenters. The molecule has 0 saturated heterocycles. The summed E-state index contributed by atoms with van der Waals surface area (Å²) in [5, 5.41) is 2.77. The van der Waals surface area contributed by atoms with E-state index >= 15 is 0 Å². The summed E-state index contributed by atoms with van der Waals surface area (Å²) in [4.78, 5) is 20.2. The minimum atomic E-state index is -0.327. The van der Waals surface area contributed by atoms with Crippen LogP contribution >= 0.6 is 0 Å². The van der Waals surface area contributed by atoms with Crippen molar-refractivity contribution in [1.82, 2.24) is 9.97 Å². The van der Waals surface area contributed by atoms with E-state index in [1.165, 1.54) is 0 Å². The van der Waals surface area contributed by atoms with Crippen LogP contribution in [0.25, 0.3) is 0 Å². The number of aromatic nitrogens is 2. The number of anilines is 1. The van der Waals surface area contributed by atoms with Crippen LogP contribution < -0.4 is 15.8 Å². The Morgan fingerprint density at radius 3 is 2.58 bits per heavy atom. The first kappa shape index (κ1) is 15.7. The van der Waals surface area contributed by atoms with E-state index in [0.717, 1.165) is 5.56 Å². The number of furan rings is 1. The fraction of sp³-hybridized carbons (Fsp3) is 0.118. The smallest absolute Gasteiger partial charge is 0.321 e. The zero-order valence-corrected chi connectivity index (χ0v) is 13.0. The minimum Gasteiger partial charge on any atom is -0.454 e. The van der Waals surface area contributed by atoms with Gasteiger partial charge >= 0.3 is 6.01 Å². The molecule has 122 valence electrons. The van der Waals surface area contributed by atoms with Crippen molar-refractivity contribution in [3.8, 4) is 11.8 Å². The fourth-order valence-electron chi connectivity index (χ4n) is 2.11. The lowest BCUT2D eigenvalue weighted by Gasteiger charge is -2.06. The van der Waals surface area contributed by atoms with Gasteiger partial charge in [0, 0.05) is 23.6 Å². The summed E-state index contributed by atoms with van der Waals surface area (Å²) in [7, 11) is 0. The average molecular weight is 324 g/mol.